The topological polar surface area (TPSA) is 78.9 Å². The highest BCUT2D eigenvalue weighted by Gasteiger charge is 2.18. The van der Waals surface area contributed by atoms with Crippen molar-refractivity contribution < 1.29 is 19.4 Å². The summed E-state index contributed by atoms with van der Waals surface area (Å²) in [7, 11) is 3.95. The Morgan fingerprint density at radius 1 is 1.14 bits per heavy atom. The number of carboxylic acids is 1. The molecule has 0 spiro atoms. The summed E-state index contributed by atoms with van der Waals surface area (Å²) in [6.45, 7) is 2.20. The van der Waals surface area contributed by atoms with Gasteiger partial charge in [0, 0.05) is 23.5 Å². The Labute approximate surface area is 170 Å². The van der Waals surface area contributed by atoms with Crippen LogP contribution >= 0.6 is 11.6 Å². The van der Waals surface area contributed by atoms with Crippen LogP contribution in [0.4, 0.5) is 4.79 Å². The van der Waals surface area contributed by atoms with Gasteiger partial charge in [0.05, 0.1) is 6.42 Å². The number of hydrogen-bond acceptors (Lipinski definition) is 4. The fourth-order valence-electron chi connectivity index (χ4n) is 2.74. The Bertz CT molecular complexity index is 808. The minimum Gasteiger partial charge on any atom is -0.481 e. The van der Waals surface area contributed by atoms with Crippen LogP contribution in [0.2, 0.25) is 5.02 Å². The van der Waals surface area contributed by atoms with E-state index in [-0.39, 0.29) is 24.9 Å². The van der Waals surface area contributed by atoms with Crippen molar-refractivity contribution in [1.82, 2.24) is 10.2 Å². The van der Waals surface area contributed by atoms with Crippen LogP contribution in [-0.2, 0) is 4.79 Å². The molecule has 0 aliphatic rings. The van der Waals surface area contributed by atoms with Crippen molar-refractivity contribution >= 4 is 23.7 Å². The van der Waals surface area contributed by atoms with Crippen molar-refractivity contribution in [3.8, 4) is 5.75 Å². The molecule has 0 radical (unpaired) electrons. The van der Waals surface area contributed by atoms with E-state index in [1.807, 2.05) is 32.3 Å². The van der Waals surface area contributed by atoms with Crippen molar-refractivity contribution in [2.45, 2.75) is 25.3 Å². The third-order valence-corrected chi connectivity index (χ3v) is 4.83. The maximum absolute atomic E-state index is 12.2. The van der Waals surface area contributed by atoms with Crippen LogP contribution in [0.1, 0.15) is 36.4 Å². The zero-order chi connectivity index (χ0) is 20.7. The van der Waals surface area contributed by atoms with Crippen molar-refractivity contribution in [2.24, 2.45) is 0 Å². The Hall–Kier alpha value is -2.57. The molecule has 0 heterocycles. The van der Waals surface area contributed by atoms with Gasteiger partial charge >= 0.3 is 12.1 Å². The van der Waals surface area contributed by atoms with E-state index in [9.17, 15) is 9.59 Å². The molecule has 0 aliphatic heterocycles. The smallest absolute Gasteiger partial charge is 0.412 e. The highest BCUT2D eigenvalue weighted by Crippen LogP contribution is 2.23. The second-order valence-corrected chi connectivity index (χ2v) is 7.27. The van der Waals surface area contributed by atoms with Gasteiger partial charge in [0.2, 0.25) is 0 Å². The second-order valence-electron chi connectivity index (χ2n) is 6.83. The number of carboxylic acid groups (broad SMARTS) is 1. The zero-order valence-corrected chi connectivity index (χ0v) is 16.9. The predicted octanol–water partition coefficient (Wildman–Crippen LogP) is 4.31. The summed E-state index contributed by atoms with van der Waals surface area (Å²) in [5.74, 6) is -0.895. The van der Waals surface area contributed by atoms with Crippen LogP contribution in [0.15, 0.2) is 48.5 Å². The summed E-state index contributed by atoms with van der Waals surface area (Å²) in [5, 5.41) is 12.4. The highest BCUT2D eigenvalue weighted by molar-refractivity contribution is 6.30. The van der Waals surface area contributed by atoms with E-state index in [0.717, 1.165) is 11.1 Å². The number of nitrogens with one attached hydrogen (secondary N) is 1. The molecule has 0 fully saturated rings. The molecule has 150 valence electrons. The average Bonchev–Trinajstić information content (AvgIpc) is 2.65. The fraction of sp³-hybridized carbons (Fsp3) is 0.333. The number of ether oxygens (including phenoxy) is 1. The van der Waals surface area contributed by atoms with Gasteiger partial charge in [-0.25, -0.2) is 4.79 Å². The molecule has 7 heteroatoms. The Balaban J connectivity index is 2.00. The Morgan fingerprint density at radius 3 is 2.43 bits per heavy atom. The number of amides is 1. The van der Waals surface area contributed by atoms with E-state index in [4.69, 9.17) is 21.4 Å². The van der Waals surface area contributed by atoms with Crippen LogP contribution in [0, 0.1) is 0 Å². The molecule has 2 N–H and O–H groups in total. The number of halogens is 1. The lowest BCUT2D eigenvalue weighted by Gasteiger charge is -2.20. The summed E-state index contributed by atoms with van der Waals surface area (Å²) in [5.41, 5.74) is 1.81. The van der Waals surface area contributed by atoms with Crippen LogP contribution in [-0.4, -0.2) is 42.7 Å². The first-order valence-corrected chi connectivity index (χ1v) is 9.33. The minimum absolute atomic E-state index is 0.113. The van der Waals surface area contributed by atoms with E-state index in [2.05, 4.69) is 17.1 Å². The van der Waals surface area contributed by atoms with Gasteiger partial charge in [0.1, 0.15) is 5.75 Å². The second kappa shape index (κ2) is 10.1. The number of rotatable bonds is 8. The SMILES string of the molecule is C[C@@H](c1cccc(OC(=O)NCC(CC(=O)O)c2ccc(Cl)cc2)c1)N(C)C. The molecule has 2 rings (SSSR count). The van der Waals surface area contributed by atoms with Crippen molar-refractivity contribution in [3.05, 3.63) is 64.7 Å². The lowest BCUT2D eigenvalue weighted by molar-refractivity contribution is -0.137. The molecule has 2 aromatic carbocycles. The van der Waals surface area contributed by atoms with Gasteiger partial charge in [-0.3, -0.25) is 4.79 Å². The first-order chi connectivity index (χ1) is 13.3. The third-order valence-electron chi connectivity index (χ3n) is 4.58. The number of carbonyl (C=O) groups is 2. The van der Waals surface area contributed by atoms with Crippen LogP contribution in [0.3, 0.4) is 0 Å². The van der Waals surface area contributed by atoms with E-state index < -0.39 is 12.1 Å². The number of carbonyl (C=O) groups excluding carboxylic acids is 1. The van der Waals surface area contributed by atoms with Gasteiger partial charge in [-0.2, -0.15) is 0 Å². The van der Waals surface area contributed by atoms with Gasteiger partial charge in [-0.05, 0) is 56.4 Å². The van der Waals surface area contributed by atoms with Crippen LogP contribution in [0.25, 0.3) is 0 Å². The molecule has 0 bridgehead atoms. The molecule has 28 heavy (non-hydrogen) atoms. The van der Waals surface area contributed by atoms with Crippen molar-refractivity contribution in [3.63, 3.8) is 0 Å². The van der Waals surface area contributed by atoms with Gasteiger partial charge in [-0.1, -0.05) is 35.9 Å². The lowest BCUT2D eigenvalue weighted by Crippen LogP contribution is -2.31. The molecular formula is C21H25ClN2O4. The highest BCUT2D eigenvalue weighted by atomic mass is 35.5. The average molecular weight is 405 g/mol. The van der Waals surface area contributed by atoms with E-state index in [1.54, 1.807) is 30.3 Å². The molecule has 6 nitrogen and oxygen atoms in total. The predicted molar refractivity (Wildman–Crippen MR) is 109 cm³/mol. The standard InChI is InChI=1S/C21H25ClN2O4/c1-14(24(2)3)16-5-4-6-19(11-16)28-21(27)23-13-17(12-20(25)26)15-7-9-18(22)10-8-15/h4-11,14,17H,12-13H2,1-3H3,(H,23,27)(H,25,26)/t14-,17?/m0/s1. The summed E-state index contributed by atoms with van der Waals surface area (Å²) in [6, 6.07) is 14.4. The molecule has 0 saturated carbocycles. The number of aliphatic carboxylic acids is 1. The first kappa shape index (κ1) is 21.7. The van der Waals surface area contributed by atoms with Gasteiger partial charge in [0.15, 0.2) is 0 Å². The summed E-state index contributed by atoms with van der Waals surface area (Å²) >= 11 is 5.89. The number of nitrogens with zero attached hydrogens (tertiary/aromatic N) is 1. The molecule has 1 unspecified atom stereocenters. The largest absolute Gasteiger partial charge is 0.481 e. The summed E-state index contributed by atoms with van der Waals surface area (Å²) in [6.07, 6.45) is -0.739. The van der Waals surface area contributed by atoms with Gasteiger partial charge in [0.25, 0.3) is 0 Å². The van der Waals surface area contributed by atoms with Gasteiger partial charge < -0.3 is 20.1 Å². The van der Waals surface area contributed by atoms with Crippen LogP contribution < -0.4 is 10.1 Å². The maximum atomic E-state index is 12.2. The number of benzene rings is 2. The molecule has 0 saturated heterocycles. The van der Waals surface area contributed by atoms with Crippen molar-refractivity contribution in [2.75, 3.05) is 20.6 Å². The third kappa shape index (κ3) is 6.55. The lowest BCUT2D eigenvalue weighted by atomic mass is 9.96. The van der Waals surface area contributed by atoms with Crippen molar-refractivity contribution in [1.29, 1.82) is 0 Å². The fourth-order valence-corrected chi connectivity index (χ4v) is 2.87. The maximum Gasteiger partial charge on any atom is 0.412 e. The van der Waals surface area contributed by atoms with Crippen LogP contribution in [0.5, 0.6) is 5.75 Å². The molecule has 1 amide bonds. The van der Waals surface area contributed by atoms with E-state index in [0.29, 0.717) is 10.8 Å². The Morgan fingerprint density at radius 2 is 1.82 bits per heavy atom. The molecule has 0 aromatic heterocycles. The summed E-state index contributed by atoms with van der Waals surface area (Å²) < 4.78 is 5.36. The zero-order valence-electron chi connectivity index (χ0n) is 16.2. The minimum atomic E-state index is -0.944. The van der Waals surface area contributed by atoms with Gasteiger partial charge in [-0.15, -0.1) is 0 Å². The monoisotopic (exact) mass is 404 g/mol. The first-order valence-electron chi connectivity index (χ1n) is 8.95. The quantitative estimate of drug-likeness (QED) is 0.685. The molecule has 2 aromatic rings. The van der Waals surface area contributed by atoms with E-state index in [1.165, 1.54) is 0 Å². The Kier molecular flexibility index (Phi) is 7.84. The summed E-state index contributed by atoms with van der Waals surface area (Å²) in [4.78, 5) is 25.4. The molecular weight excluding hydrogens is 380 g/mol. The van der Waals surface area contributed by atoms with E-state index >= 15 is 0 Å². The normalized spacial score (nSPS) is 13.0. The number of hydrogen-bond donors (Lipinski definition) is 2. The molecule has 2 atom stereocenters. The molecule has 0 aliphatic carbocycles.